The molecule has 148 valence electrons. The first-order valence-electron chi connectivity index (χ1n) is 8.71. The zero-order valence-electron chi connectivity index (χ0n) is 15.9. The van der Waals surface area contributed by atoms with Crippen LogP contribution in [0.15, 0.2) is 66.7 Å². The molecule has 3 rings (SSSR count). The van der Waals surface area contributed by atoms with Gasteiger partial charge in [-0.25, -0.2) is 0 Å². The lowest BCUT2D eigenvalue weighted by Gasteiger charge is -2.13. The molecule has 2 N–H and O–H groups in total. The number of ether oxygens (including phenoxy) is 2. The van der Waals surface area contributed by atoms with E-state index in [0.29, 0.717) is 33.5 Å². The highest BCUT2D eigenvalue weighted by Crippen LogP contribution is 2.29. The van der Waals surface area contributed by atoms with Crippen molar-refractivity contribution in [1.82, 2.24) is 0 Å². The van der Waals surface area contributed by atoms with Gasteiger partial charge < -0.3 is 20.1 Å². The Morgan fingerprint density at radius 1 is 0.759 bits per heavy atom. The summed E-state index contributed by atoms with van der Waals surface area (Å²) in [7, 11) is 2.97. The summed E-state index contributed by atoms with van der Waals surface area (Å²) in [5, 5.41) is 5.93. The van der Waals surface area contributed by atoms with Crippen LogP contribution in [0, 0.1) is 0 Å². The van der Waals surface area contributed by atoms with Gasteiger partial charge in [-0.05, 0) is 42.5 Å². The van der Waals surface area contributed by atoms with E-state index in [9.17, 15) is 9.59 Å². The van der Waals surface area contributed by atoms with Gasteiger partial charge in [-0.15, -0.1) is 0 Å². The van der Waals surface area contributed by atoms with E-state index in [0.717, 1.165) is 0 Å². The van der Waals surface area contributed by atoms with Gasteiger partial charge in [0.15, 0.2) is 0 Å². The number of halogens is 1. The molecule has 0 aliphatic carbocycles. The Morgan fingerprint density at radius 3 is 1.90 bits per heavy atom. The third kappa shape index (κ3) is 4.67. The lowest BCUT2D eigenvalue weighted by atomic mass is 10.1. The summed E-state index contributed by atoms with van der Waals surface area (Å²) in [5.74, 6) is 0.0504. The number of hydrogen-bond donors (Lipinski definition) is 2. The number of anilines is 2. The average molecular weight is 411 g/mol. The van der Waals surface area contributed by atoms with E-state index in [4.69, 9.17) is 21.1 Å². The van der Waals surface area contributed by atoms with Crippen LogP contribution in [-0.4, -0.2) is 26.0 Å². The Bertz CT molecular complexity index is 1030. The maximum absolute atomic E-state index is 12.8. The molecular weight excluding hydrogens is 392 g/mol. The number of benzene rings is 3. The Labute approximate surface area is 173 Å². The Kier molecular flexibility index (Phi) is 6.36. The van der Waals surface area contributed by atoms with Crippen LogP contribution in [0.3, 0.4) is 0 Å². The Hall–Kier alpha value is -3.51. The van der Waals surface area contributed by atoms with E-state index in [2.05, 4.69) is 10.6 Å². The minimum Gasteiger partial charge on any atom is -0.496 e. The molecule has 0 heterocycles. The summed E-state index contributed by atoms with van der Waals surface area (Å²) >= 11 is 6.07. The van der Waals surface area contributed by atoms with Gasteiger partial charge in [-0.3, -0.25) is 9.59 Å². The van der Waals surface area contributed by atoms with Gasteiger partial charge in [0.1, 0.15) is 17.1 Å². The molecule has 0 aliphatic heterocycles. The monoisotopic (exact) mass is 410 g/mol. The van der Waals surface area contributed by atoms with Crippen molar-refractivity contribution in [1.29, 1.82) is 0 Å². The van der Waals surface area contributed by atoms with Crippen molar-refractivity contribution < 1.29 is 19.1 Å². The molecule has 0 radical (unpaired) electrons. The molecule has 7 heteroatoms. The zero-order chi connectivity index (χ0) is 20.8. The van der Waals surface area contributed by atoms with Crippen molar-refractivity contribution in [2.45, 2.75) is 0 Å². The zero-order valence-corrected chi connectivity index (χ0v) is 16.6. The molecule has 0 saturated heterocycles. The van der Waals surface area contributed by atoms with Crippen LogP contribution in [0.5, 0.6) is 11.5 Å². The van der Waals surface area contributed by atoms with Gasteiger partial charge in [-0.2, -0.15) is 0 Å². The molecule has 0 atom stereocenters. The molecule has 3 aromatic carbocycles. The highest BCUT2D eigenvalue weighted by atomic mass is 35.5. The van der Waals surface area contributed by atoms with Gasteiger partial charge in [0.25, 0.3) is 11.8 Å². The third-order valence-electron chi connectivity index (χ3n) is 4.15. The maximum atomic E-state index is 12.8. The highest BCUT2D eigenvalue weighted by Gasteiger charge is 2.18. The summed E-state index contributed by atoms with van der Waals surface area (Å²) in [4.78, 5) is 25.2. The Morgan fingerprint density at radius 2 is 1.31 bits per heavy atom. The number of carbonyl (C=O) groups is 2. The first-order chi connectivity index (χ1) is 14.0. The predicted molar refractivity (Wildman–Crippen MR) is 113 cm³/mol. The van der Waals surface area contributed by atoms with Crippen LogP contribution in [0.25, 0.3) is 0 Å². The normalized spacial score (nSPS) is 10.2. The molecule has 2 amide bonds. The van der Waals surface area contributed by atoms with E-state index < -0.39 is 5.91 Å². The van der Waals surface area contributed by atoms with Crippen molar-refractivity contribution in [3.8, 4) is 11.5 Å². The van der Waals surface area contributed by atoms with E-state index in [1.807, 2.05) is 0 Å². The van der Waals surface area contributed by atoms with Gasteiger partial charge in [0.2, 0.25) is 0 Å². The summed E-state index contributed by atoms with van der Waals surface area (Å²) in [5.41, 5.74) is 1.66. The van der Waals surface area contributed by atoms with Crippen molar-refractivity contribution in [3.63, 3.8) is 0 Å². The lowest BCUT2D eigenvalue weighted by Crippen LogP contribution is -2.15. The molecule has 0 fully saturated rings. The molecule has 0 bridgehead atoms. The predicted octanol–water partition coefficient (Wildman–Crippen LogP) is 4.86. The molecule has 0 unspecified atom stereocenters. The largest absolute Gasteiger partial charge is 0.496 e. The minimum absolute atomic E-state index is 0.281. The molecule has 0 spiro atoms. The molecule has 29 heavy (non-hydrogen) atoms. The fourth-order valence-electron chi connectivity index (χ4n) is 2.79. The van der Waals surface area contributed by atoms with Crippen molar-refractivity contribution >= 4 is 34.8 Å². The summed E-state index contributed by atoms with van der Waals surface area (Å²) < 4.78 is 10.5. The minimum atomic E-state index is -0.395. The number of nitrogens with one attached hydrogen (secondary N) is 2. The van der Waals surface area contributed by atoms with Crippen molar-refractivity contribution in [3.05, 3.63) is 82.9 Å². The van der Waals surface area contributed by atoms with E-state index in [1.165, 1.54) is 14.2 Å². The van der Waals surface area contributed by atoms with Gasteiger partial charge >= 0.3 is 0 Å². The summed E-state index contributed by atoms with van der Waals surface area (Å²) in [6.45, 7) is 0. The quantitative estimate of drug-likeness (QED) is 0.608. The van der Waals surface area contributed by atoms with Crippen molar-refractivity contribution in [2.24, 2.45) is 0 Å². The molecular formula is C22H19ClN2O4. The molecule has 0 aliphatic rings. The standard InChI is InChI=1S/C22H19ClN2O4/c1-28-18-11-6-12-19(29-2)20(18)22(27)25-15-8-5-7-14(13-15)24-21(26)16-9-3-4-10-17(16)23/h3-13H,1-2H3,(H,24,26)(H,25,27). The van der Waals surface area contributed by atoms with Gasteiger partial charge in [0.05, 0.1) is 24.8 Å². The summed E-state index contributed by atoms with van der Waals surface area (Å²) in [6, 6.07) is 18.7. The number of amides is 2. The fourth-order valence-corrected chi connectivity index (χ4v) is 3.01. The number of rotatable bonds is 6. The van der Waals surface area contributed by atoms with E-state index in [1.54, 1.807) is 66.7 Å². The SMILES string of the molecule is COc1cccc(OC)c1C(=O)Nc1cccc(NC(=O)c2ccccc2Cl)c1. The maximum Gasteiger partial charge on any atom is 0.263 e. The van der Waals surface area contributed by atoms with Crippen LogP contribution < -0.4 is 20.1 Å². The Balaban J connectivity index is 1.80. The average Bonchev–Trinajstić information content (AvgIpc) is 2.73. The number of methoxy groups -OCH3 is 2. The van der Waals surface area contributed by atoms with Crippen LogP contribution in [0.1, 0.15) is 20.7 Å². The van der Waals surface area contributed by atoms with Gasteiger partial charge in [-0.1, -0.05) is 35.9 Å². The first kappa shape index (κ1) is 20.2. The highest BCUT2D eigenvalue weighted by molar-refractivity contribution is 6.34. The molecule has 0 aromatic heterocycles. The van der Waals surface area contributed by atoms with Crippen LogP contribution in [0.2, 0.25) is 5.02 Å². The van der Waals surface area contributed by atoms with Crippen LogP contribution in [-0.2, 0) is 0 Å². The number of hydrogen-bond acceptors (Lipinski definition) is 4. The summed E-state index contributed by atoms with van der Waals surface area (Å²) in [6.07, 6.45) is 0. The second kappa shape index (κ2) is 9.12. The van der Waals surface area contributed by atoms with Crippen LogP contribution in [0.4, 0.5) is 11.4 Å². The third-order valence-corrected chi connectivity index (χ3v) is 4.48. The number of carbonyl (C=O) groups excluding carboxylic acids is 2. The topological polar surface area (TPSA) is 76.7 Å². The molecule has 6 nitrogen and oxygen atoms in total. The fraction of sp³-hybridized carbons (Fsp3) is 0.0909. The molecule has 0 saturated carbocycles. The lowest BCUT2D eigenvalue weighted by molar-refractivity contribution is 0.101. The first-order valence-corrected chi connectivity index (χ1v) is 9.09. The second-order valence-corrected chi connectivity index (χ2v) is 6.41. The van der Waals surface area contributed by atoms with E-state index >= 15 is 0 Å². The van der Waals surface area contributed by atoms with E-state index in [-0.39, 0.29) is 11.5 Å². The molecule has 3 aromatic rings. The van der Waals surface area contributed by atoms with Gasteiger partial charge in [0, 0.05) is 11.4 Å². The van der Waals surface area contributed by atoms with Crippen LogP contribution >= 0.6 is 11.6 Å². The second-order valence-electron chi connectivity index (χ2n) is 6.01. The smallest absolute Gasteiger partial charge is 0.263 e. The van der Waals surface area contributed by atoms with Crippen molar-refractivity contribution in [2.75, 3.05) is 24.9 Å².